The van der Waals surface area contributed by atoms with Crippen LogP contribution in [0.25, 0.3) is 6.08 Å². The number of hydrogen-bond donors (Lipinski definition) is 1. The fourth-order valence-electron chi connectivity index (χ4n) is 3.18. The molecule has 138 valence electrons. The number of halogens is 1. The summed E-state index contributed by atoms with van der Waals surface area (Å²) in [7, 11) is 0. The van der Waals surface area contributed by atoms with Gasteiger partial charge in [0.1, 0.15) is 5.82 Å². The van der Waals surface area contributed by atoms with E-state index in [1.165, 1.54) is 22.8 Å². The molecule has 1 unspecified atom stereocenters. The fourth-order valence-corrected chi connectivity index (χ4v) is 3.18. The molecule has 0 spiro atoms. The minimum absolute atomic E-state index is 0.0443. The molecule has 0 saturated carbocycles. The van der Waals surface area contributed by atoms with Gasteiger partial charge in [-0.25, -0.2) is 4.39 Å². The number of allylic oxidation sites excluding steroid dienone is 1. The highest BCUT2D eigenvalue weighted by Gasteiger charge is 2.11. The molecule has 0 saturated heterocycles. The van der Waals surface area contributed by atoms with E-state index in [1.54, 1.807) is 12.1 Å². The largest absolute Gasteiger partial charge is 0.392 e. The molecule has 0 heterocycles. The molecular weight excluding hydrogens is 335 g/mol. The molecule has 1 nitrogen and oxygen atoms in total. The van der Waals surface area contributed by atoms with Gasteiger partial charge in [0.05, 0.1) is 6.61 Å². The minimum atomic E-state index is -0.210. The second-order valence-corrected chi connectivity index (χ2v) is 7.04. The molecule has 0 aliphatic rings. The summed E-state index contributed by atoms with van der Waals surface area (Å²) in [6.07, 6.45) is 5.02. The fraction of sp³-hybridized carbons (Fsp3) is 0.200. The maximum atomic E-state index is 13.8. The van der Waals surface area contributed by atoms with Crippen molar-refractivity contribution in [3.05, 3.63) is 112 Å². The predicted molar refractivity (Wildman–Crippen MR) is 110 cm³/mol. The topological polar surface area (TPSA) is 20.2 Å². The average molecular weight is 360 g/mol. The van der Waals surface area contributed by atoms with Gasteiger partial charge in [-0.05, 0) is 65.8 Å². The van der Waals surface area contributed by atoms with E-state index in [1.807, 2.05) is 30.3 Å². The van der Waals surface area contributed by atoms with Crippen LogP contribution in [0, 0.1) is 19.7 Å². The highest BCUT2D eigenvalue weighted by molar-refractivity contribution is 5.51. The Hall–Kier alpha value is -2.71. The third-order valence-electron chi connectivity index (χ3n) is 4.99. The normalized spacial score (nSPS) is 12.4. The molecule has 0 aromatic heterocycles. The van der Waals surface area contributed by atoms with Gasteiger partial charge in [0.15, 0.2) is 0 Å². The molecule has 0 aliphatic carbocycles. The summed E-state index contributed by atoms with van der Waals surface area (Å²) in [4.78, 5) is 0. The quantitative estimate of drug-likeness (QED) is 0.574. The summed E-state index contributed by atoms with van der Waals surface area (Å²) >= 11 is 0. The lowest BCUT2D eigenvalue weighted by Gasteiger charge is -2.15. The summed E-state index contributed by atoms with van der Waals surface area (Å²) in [5, 5.41) is 9.17. The van der Waals surface area contributed by atoms with Gasteiger partial charge < -0.3 is 5.11 Å². The Bertz CT molecular complexity index is 925. The number of aliphatic hydroxyl groups is 1. The van der Waals surface area contributed by atoms with E-state index in [-0.39, 0.29) is 18.3 Å². The molecule has 0 fully saturated rings. The maximum absolute atomic E-state index is 13.8. The molecule has 27 heavy (non-hydrogen) atoms. The summed E-state index contributed by atoms with van der Waals surface area (Å²) in [5.74, 6) is -0.126. The van der Waals surface area contributed by atoms with Gasteiger partial charge in [0.25, 0.3) is 0 Å². The van der Waals surface area contributed by atoms with E-state index >= 15 is 0 Å². The number of hydrogen-bond acceptors (Lipinski definition) is 1. The first-order valence-corrected chi connectivity index (χ1v) is 9.25. The Balaban J connectivity index is 1.88. The Morgan fingerprint density at radius 3 is 2.30 bits per heavy atom. The Labute approximate surface area is 160 Å². The lowest BCUT2D eigenvalue weighted by molar-refractivity contribution is 0.282. The molecule has 0 bridgehead atoms. The van der Waals surface area contributed by atoms with E-state index in [0.29, 0.717) is 0 Å². The highest BCUT2D eigenvalue weighted by Crippen LogP contribution is 2.25. The first kappa shape index (κ1) is 19.1. The van der Waals surface area contributed by atoms with E-state index in [9.17, 15) is 9.50 Å². The van der Waals surface area contributed by atoms with Crippen LogP contribution in [0.2, 0.25) is 0 Å². The first-order chi connectivity index (χ1) is 13.0. The zero-order valence-corrected chi connectivity index (χ0v) is 15.8. The number of benzene rings is 3. The van der Waals surface area contributed by atoms with Crippen LogP contribution >= 0.6 is 0 Å². The Morgan fingerprint density at radius 2 is 1.63 bits per heavy atom. The molecule has 0 radical (unpaired) electrons. The summed E-state index contributed by atoms with van der Waals surface area (Å²) < 4.78 is 13.8. The van der Waals surface area contributed by atoms with Crippen molar-refractivity contribution >= 4 is 6.08 Å². The van der Waals surface area contributed by atoms with Crippen molar-refractivity contribution in [2.24, 2.45) is 0 Å². The van der Waals surface area contributed by atoms with Crippen molar-refractivity contribution in [3.8, 4) is 0 Å². The van der Waals surface area contributed by atoms with Crippen LogP contribution in [0.1, 0.15) is 39.3 Å². The zero-order chi connectivity index (χ0) is 19.2. The summed E-state index contributed by atoms with van der Waals surface area (Å²) in [5.41, 5.74) is 6.72. The molecule has 0 amide bonds. The monoisotopic (exact) mass is 360 g/mol. The molecule has 1 atom stereocenters. The average Bonchev–Trinajstić information content (AvgIpc) is 2.68. The second-order valence-electron chi connectivity index (χ2n) is 7.04. The van der Waals surface area contributed by atoms with Crippen molar-refractivity contribution in [2.75, 3.05) is 0 Å². The van der Waals surface area contributed by atoms with Crippen LogP contribution in [-0.2, 0) is 13.0 Å². The third kappa shape index (κ3) is 5.15. The minimum Gasteiger partial charge on any atom is -0.392 e. The third-order valence-corrected chi connectivity index (χ3v) is 4.99. The van der Waals surface area contributed by atoms with Crippen molar-refractivity contribution in [1.82, 2.24) is 0 Å². The lowest BCUT2D eigenvalue weighted by Crippen LogP contribution is -2.01. The van der Waals surface area contributed by atoms with Gasteiger partial charge in [-0.1, -0.05) is 66.7 Å². The van der Waals surface area contributed by atoms with Crippen LogP contribution in [0.15, 0.2) is 72.8 Å². The molecule has 3 aromatic carbocycles. The van der Waals surface area contributed by atoms with Gasteiger partial charge >= 0.3 is 0 Å². The van der Waals surface area contributed by atoms with Crippen LogP contribution in [0.4, 0.5) is 4.39 Å². The van der Waals surface area contributed by atoms with Crippen molar-refractivity contribution in [3.63, 3.8) is 0 Å². The summed E-state index contributed by atoms with van der Waals surface area (Å²) in [6, 6.07) is 21.2. The molecular formula is C25H25FO. The van der Waals surface area contributed by atoms with Crippen LogP contribution in [-0.4, -0.2) is 5.11 Å². The maximum Gasteiger partial charge on any atom is 0.123 e. The van der Waals surface area contributed by atoms with E-state index in [2.05, 4.69) is 44.2 Å². The van der Waals surface area contributed by atoms with E-state index in [4.69, 9.17) is 0 Å². The molecule has 2 heteroatoms. The van der Waals surface area contributed by atoms with Crippen LogP contribution < -0.4 is 0 Å². The predicted octanol–water partition coefficient (Wildman–Crippen LogP) is 5.97. The number of rotatable bonds is 6. The van der Waals surface area contributed by atoms with Gasteiger partial charge in [-0.3, -0.25) is 0 Å². The molecule has 0 aliphatic heterocycles. The SMILES string of the molecule is Cc1ccc(CC(/C=C/c2ccc(CO)cc2)c2cccc(F)c2)cc1C. The van der Waals surface area contributed by atoms with Gasteiger partial charge in [-0.2, -0.15) is 0 Å². The Kier molecular flexibility index (Phi) is 6.20. The smallest absolute Gasteiger partial charge is 0.123 e. The van der Waals surface area contributed by atoms with Crippen LogP contribution in [0.3, 0.4) is 0 Å². The molecule has 3 rings (SSSR count). The van der Waals surface area contributed by atoms with Crippen LogP contribution in [0.5, 0.6) is 0 Å². The second kappa shape index (κ2) is 8.79. The Morgan fingerprint density at radius 1 is 0.889 bits per heavy atom. The summed E-state index contributed by atoms with van der Waals surface area (Å²) in [6.45, 7) is 4.27. The molecule has 3 aromatic rings. The lowest BCUT2D eigenvalue weighted by atomic mass is 9.90. The number of aliphatic hydroxyl groups excluding tert-OH is 1. The number of aryl methyl sites for hydroxylation is 2. The van der Waals surface area contributed by atoms with Gasteiger partial charge in [-0.15, -0.1) is 0 Å². The zero-order valence-electron chi connectivity index (χ0n) is 15.8. The van der Waals surface area contributed by atoms with E-state index in [0.717, 1.165) is 23.1 Å². The van der Waals surface area contributed by atoms with Crippen molar-refractivity contribution in [2.45, 2.75) is 32.8 Å². The highest BCUT2D eigenvalue weighted by atomic mass is 19.1. The van der Waals surface area contributed by atoms with Gasteiger partial charge in [0.2, 0.25) is 0 Å². The van der Waals surface area contributed by atoms with Crippen molar-refractivity contribution < 1.29 is 9.50 Å². The standard InChI is InChI=1S/C25H25FO/c1-18-6-7-22(14-19(18)2)15-24(23-4-3-5-25(26)16-23)13-12-20-8-10-21(17-27)11-9-20/h3-14,16,24,27H,15,17H2,1-2H3/b13-12+. The first-order valence-electron chi connectivity index (χ1n) is 9.25. The molecule has 1 N–H and O–H groups in total. The van der Waals surface area contributed by atoms with Crippen molar-refractivity contribution in [1.29, 1.82) is 0 Å². The van der Waals surface area contributed by atoms with Gasteiger partial charge in [0, 0.05) is 5.92 Å². The van der Waals surface area contributed by atoms with E-state index < -0.39 is 0 Å².